The van der Waals surface area contributed by atoms with Gasteiger partial charge in [-0.25, -0.2) is 0 Å². The van der Waals surface area contributed by atoms with E-state index in [1.54, 1.807) is 0 Å². The summed E-state index contributed by atoms with van der Waals surface area (Å²) in [5.41, 5.74) is 12.1. The number of unbranched alkanes of at least 4 members (excludes halogenated alkanes) is 20. The summed E-state index contributed by atoms with van der Waals surface area (Å²) in [7, 11) is 0. The van der Waals surface area contributed by atoms with Crippen LogP contribution in [0.15, 0.2) is 133 Å². The molecule has 466 valence electrons. The fourth-order valence-corrected chi connectivity index (χ4v) is 20.2. The Labute approximate surface area is 550 Å². The zero-order valence-corrected chi connectivity index (χ0v) is 57.2. The van der Waals surface area contributed by atoms with Gasteiger partial charge in [-0.05, 0) is 131 Å². The second-order valence-corrected chi connectivity index (χ2v) is 29.3. The summed E-state index contributed by atoms with van der Waals surface area (Å²) in [4.78, 5) is 6.60. The van der Waals surface area contributed by atoms with E-state index in [1.807, 2.05) is 45.3 Å². The molecule has 2 aliphatic carbocycles. The molecule has 89 heavy (non-hydrogen) atoms. The van der Waals surface area contributed by atoms with Crippen LogP contribution in [0.3, 0.4) is 0 Å². The van der Waals surface area contributed by atoms with Crippen LogP contribution in [0.2, 0.25) is 0 Å². The lowest BCUT2D eigenvalue weighted by Gasteiger charge is -2.34. The number of fused-ring (bicyclic) bond motifs is 10. The summed E-state index contributed by atoms with van der Waals surface area (Å²) < 4.78 is 38.6. The summed E-state index contributed by atoms with van der Waals surface area (Å²) in [5.74, 6) is 3.69. The molecule has 6 nitrogen and oxygen atoms in total. The Morgan fingerprint density at radius 1 is 0.360 bits per heavy atom. The molecule has 0 radical (unpaired) electrons. The zero-order chi connectivity index (χ0) is 60.8. The van der Waals surface area contributed by atoms with Gasteiger partial charge >= 0.3 is 0 Å². The van der Waals surface area contributed by atoms with Crippen LogP contribution in [-0.2, 0) is 10.8 Å². The van der Waals surface area contributed by atoms with E-state index in [-0.39, 0.29) is 0 Å². The molecule has 0 saturated carbocycles. The predicted molar refractivity (Wildman–Crippen MR) is 382 cm³/mol. The summed E-state index contributed by atoms with van der Waals surface area (Å²) in [6.45, 7) is 12.0. The van der Waals surface area contributed by atoms with Gasteiger partial charge in [0.05, 0.1) is 73.0 Å². The van der Waals surface area contributed by atoms with E-state index in [4.69, 9.17) is 27.7 Å². The molecule has 0 atom stereocenters. The van der Waals surface area contributed by atoms with E-state index < -0.39 is 10.8 Å². The van der Waals surface area contributed by atoms with Crippen molar-refractivity contribution in [3.63, 3.8) is 0 Å². The third-order valence-electron chi connectivity index (χ3n) is 18.7. The van der Waals surface area contributed by atoms with Gasteiger partial charge < -0.3 is 18.9 Å². The van der Waals surface area contributed by atoms with Crippen molar-refractivity contribution in [2.75, 3.05) is 26.4 Å². The van der Waals surface area contributed by atoms with Crippen molar-refractivity contribution in [1.82, 2.24) is 8.75 Å². The summed E-state index contributed by atoms with van der Waals surface area (Å²) in [6, 6.07) is 48.3. The number of nitrogens with zero attached hydrogens (tertiary/aromatic N) is 2. The van der Waals surface area contributed by atoms with Gasteiger partial charge in [-0.1, -0.05) is 217 Å². The standard InChI is InChI=1S/C78H90N2O4S5/c1-5-9-13-17-21-25-49-81-59-40-32-55(33-41-59)77(56-34-42-60(43-35-56)82-50-26-22-18-14-10-6-2)64-48-53-85-71(64)73-68(77)75-76(87-73)69-74(88-75)72-65(54-67(86-72)63-30-29-31-66-70(63)80-89-79-66)78(69,57-36-44-61(45-37-57)83-51-27-23-19-15-11-7-3)58-38-46-62(47-39-58)84-52-28-24-20-16-12-8-4/h29-48,53-54H,5-28,49-52H2,1-4H3. The lowest BCUT2D eigenvalue weighted by Crippen LogP contribution is -2.28. The molecule has 5 heterocycles. The second-order valence-electron chi connectivity index (χ2n) is 24.8. The van der Waals surface area contributed by atoms with Gasteiger partial charge in [-0.2, -0.15) is 8.75 Å². The van der Waals surface area contributed by atoms with Crippen LogP contribution in [0.4, 0.5) is 0 Å². The maximum absolute atomic E-state index is 6.58. The normalized spacial score (nSPS) is 13.5. The number of ether oxygens (including phenoxy) is 4. The van der Waals surface area contributed by atoms with Crippen LogP contribution >= 0.6 is 57.1 Å². The van der Waals surface area contributed by atoms with Crippen LogP contribution in [-0.4, -0.2) is 35.2 Å². The molecule has 0 unspecified atom stereocenters. The van der Waals surface area contributed by atoms with E-state index in [9.17, 15) is 0 Å². The Hall–Kier alpha value is -5.82. The molecule has 0 spiro atoms. The fourth-order valence-electron chi connectivity index (χ4n) is 14.0. The molecule has 5 aromatic heterocycles. The van der Waals surface area contributed by atoms with Crippen molar-refractivity contribution < 1.29 is 18.9 Å². The van der Waals surface area contributed by atoms with Gasteiger partial charge in [0.15, 0.2) is 0 Å². The average Bonchev–Trinajstić information content (AvgIpc) is 1.49. The Kier molecular flexibility index (Phi) is 21.7. The first kappa shape index (κ1) is 63.3. The van der Waals surface area contributed by atoms with E-state index in [0.717, 1.165) is 91.7 Å². The molecular weight excluding hydrogens is 1190 g/mol. The van der Waals surface area contributed by atoms with Gasteiger partial charge in [-0.15, -0.1) is 45.3 Å². The van der Waals surface area contributed by atoms with Crippen LogP contribution in [0.25, 0.3) is 50.4 Å². The monoisotopic (exact) mass is 1280 g/mol. The molecule has 2 aliphatic rings. The van der Waals surface area contributed by atoms with Gasteiger partial charge in [0.25, 0.3) is 0 Å². The third kappa shape index (κ3) is 13.2. The summed E-state index contributed by atoms with van der Waals surface area (Å²) in [5, 5.41) is 2.32. The molecule has 0 saturated heterocycles. The minimum absolute atomic E-state index is 0.611. The smallest absolute Gasteiger partial charge is 0.119 e. The van der Waals surface area contributed by atoms with Crippen LogP contribution in [0, 0.1) is 0 Å². The highest BCUT2D eigenvalue weighted by Gasteiger charge is 2.55. The molecule has 12 rings (SSSR count). The number of hydrogen-bond acceptors (Lipinski definition) is 11. The lowest BCUT2D eigenvalue weighted by atomic mass is 9.67. The lowest BCUT2D eigenvalue weighted by molar-refractivity contribution is 0.304. The summed E-state index contributed by atoms with van der Waals surface area (Å²) >= 11 is 9.11. The Morgan fingerprint density at radius 2 is 0.742 bits per heavy atom. The summed E-state index contributed by atoms with van der Waals surface area (Å²) in [6.07, 6.45) is 29.6. The van der Waals surface area contributed by atoms with Crippen molar-refractivity contribution in [3.8, 4) is 52.9 Å². The molecule has 0 amide bonds. The second kappa shape index (κ2) is 30.5. The number of benzene rings is 5. The molecule has 5 aromatic carbocycles. The molecule has 0 fully saturated rings. The molecule has 10 aromatic rings. The van der Waals surface area contributed by atoms with Gasteiger partial charge in [-0.3, -0.25) is 0 Å². The van der Waals surface area contributed by atoms with E-state index >= 15 is 0 Å². The Bertz CT molecular complexity index is 3700. The Morgan fingerprint density at radius 3 is 1.16 bits per heavy atom. The molecule has 0 N–H and O–H groups in total. The Balaban J connectivity index is 1.01. The van der Waals surface area contributed by atoms with E-state index in [1.165, 1.54) is 218 Å². The van der Waals surface area contributed by atoms with E-state index in [2.05, 4.69) is 160 Å². The number of hydrogen-bond donors (Lipinski definition) is 0. The van der Waals surface area contributed by atoms with Gasteiger partial charge in [0, 0.05) is 26.4 Å². The maximum Gasteiger partial charge on any atom is 0.119 e. The number of aromatic nitrogens is 2. The SMILES string of the molecule is CCCCCCCCOc1ccc(C2(c3ccc(OCCCCCCCC)cc3)c3ccsc3-c3sc4c5c(sc4c32)-c2sc(-c3cccc4nsnc34)cc2C5(c2ccc(OCCCCCCCC)cc2)c2ccc(OCCCCCCCC)cc2)cc1. The molecular formula is C78H90N2O4S5. The molecule has 11 heteroatoms. The van der Waals surface area contributed by atoms with Crippen molar-refractivity contribution >= 4 is 77.5 Å². The van der Waals surface area contributed by atoms with Crippen LogP contribution < -0.4 is 18.9 Å². The highest BCUT2D eigenvalue weighted by atomic mass is 32.1. The predicted octanol–water partition coefficient (Wildman–Crippen LogP) is 24.4. The number of rotatable bonds is 37. The first-order valence-corrected chi connectivity index (χ1v) is 38.1. The first-order valence-electron chi connectivity index (χ1n) is 34.0. The van der Waals surface area contributed by atoms with Crippen LogP contribution in [0.5, 0.6) is 23.0 Å². The molecule has 0 aliphatic heterocycles. The van der Waals surface area contributed by atoms with Crippen molar-refractivity contribution in [3.05, 3.63) is 177 Å². The van der Waals surface area contributed by atoms with Crippen molar-refractivity contribution in [1.29, 1.82) is 0 Å². The average molecular weight is 1280 g/mol. The van der Waals surface area contributed by atoms with Gasteiger partial charge in [0.2, 0.25) is 0 Å². The highest BCUT2D eigenvalue weighted by Crippen LogP contribution is 2.70. The maximum atomic E-state index is 6.58. The first-order chi connectivity index (χ1) is 44.0. The largest absolute Gasteiger partial charge is 0.494 e. The topological polar surface area (TPSA) is 62.7 Å². The third-order valence-corrected chi connectivity index (χ3v) is 24.2. The molecule has 0 bridgehead atoms. The van der Waals surface area contributed by atoms with Crippen molar-refractivity contribution in [2.45, 2.75) is 193 Å². The van der Waals surface area contributed by atoms with Crippen LogP contribution in [0.1, 0.15) is 226 Å². The fraction of sp³-hybridized carbons (Fsp3) is 0.436. The number of thiophene rings is 4. The van der Waals surface area contributed by atoms with Crippen molar-refractivity contribution in [2.24, 2.45) is 0 Å². The zero-order valence-electron chi connectivity index (χ0n) is 53.1. The minimum Gasteiger partial charge on any atom is -0.494 e. The quantitative estimate of drug-likeness (QED) is 0.0362. The van der Waals surface area contributed by atoms with E-state index in [0.29, 0.717) is 0 Å². The highest BCUT2D eigenvalue weighted by molar-refractivity contribution is 7.34. The van der Waals surface area contributed by atoms with Gasteiger partial charge in [0.1, 0.15) is 34.0 Å². The minimum atomic E-state index is -0.689.